The third kappa shape index (κ3) is 12.8. The van der Waals surface area contributed by atoms with Gasteiger partial charge in [-0.25, -0.2) is 0 Å². The standard InChI is InChI=1S/C57H80N6/c1-6-10-13-16-18-20-23-28-44-62-54-34-30-33-50-53(61-60-52-40-39-51(48-31-25-26-32-49(48)52)59-58-47-37-35-46(5)36-38-47)41-42-55(56(50)54)63(45-29-24-21-19-17-14-11-7-2)57(62,9-4)43-27-22-15-12-8-3/h25-26,30-42H,6-24,27-29,43-45H2,1-5H3/b59-58+,61-60+. The summed E-state index contributed by atoms with van der Waals surface area (Å²) >= 11 is 0. The van der Waals surface area contributed by atoms with Gasteiger partial charge in [0.1, 0.15) is 5.66 Å². The highest BCUT2D eigenvalue weighted by Crippen LogP contribution is 2.51. The van der Waals surface area contributed by atoms with Crippen LogP contribution in [0.4, 0.5) is 34.1 Å². The Kier molecular flexibility index (Phi) is 19.5. The topological polar surface area (TPSA) is 55.9 Å². The Hall–Kier alpha value is -4.58. The van der Waals surface area contributed by atoms with E-state index >= 15 is 0 Å². The van der Waals surface area contributed by atoms with E-state index in [1.807, 2.05) is 24.3 Å². The Balaban J connectivity index is 1.34. The smallest absolute Gasteiger partial charge is 0.112 e. The molecule has 1 aliphatic heterocycles. The summed E-state index contributed by atoms with van der Waals surface area (Å²) in [5.74, 6) is 0. The molecular formula is C57H80N6. The Labute approximate surface area is 382 Å². The first-order valence-corrected chi connectivity index (χ1v) is 25.6. The minimum Gasteiger partial charge on any atom is -0.348 e. The van der Waals surface area contributed by atoms with Crippen LogP contribution >= 0.6 is 0 Å². The minimum atomic E-state index is -0.0454. The Morgan fingerprint density at radius 2 is 0.825 bits per heavy atom. The molecule has 0 spiro atoms. The molecule has 1 aliphatic rings. The summed E-state index contributed by atoms with van der Waals surface area (Å²) in [5, 5.41) is 23.9. The van der Waals surface area contributed by atoms with Crippen molar-refractivity contribution in [2.75, 3.05) is 22.9 Å². The summed E-state index contributed by atoms with van der Waals surface area (Å²) in [4.78, 5) is 5.78. The number of hydrogen-bond acceptors (Lipinski definition) is 6. The molecule has 0 radical (unpaired) electrons. The molecule has 6 nitrogen and oxygen atoms in total. The van der Waals surface area contributed by atoms with Gasteiger partial charge < -0.3 is 9.80 Å². The second-order valence-corrected chi connectivity index (χ2v) is 18.4. The van der Waals surface area contributed by atoms with Crippen LogP contribution in [0, 0.1) is 6.92 Å². The maximum atomic E-state index is 5.08. The lowest BCUT2D eigenvalue weighted by molar-refractivity contribution is 0.305. The first kappa shape index (κ1) is 47.9. The Morgan fingerprint density at radius 3 is 1.35 bits per heavy atom. The number of nitrogens with zero attached hydrogens (tertiary/aromatic N) is 6. The monoisotopic (exact) mass is 849 g/mol. The Morgan fingerprint density at radius 1 is 0.397 bits per heavy atom. The molecule has 0 N–H and O–H groups in total. The minimum absolute atomic E-state index is 0.0454. The van der Waals surface area contributed by atoms with Crippen molar-refractivity contribution in [3.8, 4) is 0 Å². The van der Waals surface area contributed by atoms with Crippen LogP contribution in [0.15, 0.2) is 111 Å². The number of fused-ring (bicyclic) bond motifs is 1. The number of anilines is 2. The summed E-state index contributed by atoms with van der Waals surface area (Å²) in [6.45, 7) is 13.7. The molecule has 0 aromatic heterocycles. The van der Waals surface area contributed by atoms with E-state index in [9.17, 15) is 0 Å². The molecule has 1 unspecified atom stereocenters. The third-order valence-electron chi connectivity index (χ3n) is 13.7. The fourth-order valence-corrected chi connectivity index (χ4v) is 10.1. The van der Waals surface area contributed by atoms with Crippen LogP contribution in [0.2, 0.25) is 0 Å². The quantitative estimate of drug-likeness (QED) is 0.0355. The van der Waals surface area contributed by atoms with E-state index in [1.165, 1.54) is 169 Å². The van der Waals surface area contributed by atoms with Crippen molar-refractivity contribution in [1.82, 2.24) is 0 Å². The molecule has 1 heterocycles. The van der Waals surface area contributed by atoms with Crippen molar-refractivity contribution in [1.29, 1.82) is 0 Å². The number of hydrogen-bond donors (Lipinski definition) is 0. The first-order chi connectivity index (χ1) is 31.0. The molecule has 1 atom stereocenters. The van der Waals surface area contributed by atoms with Gasteiger partial charge in [-0.15, -0.1) is 15.3 Å². The lowest BCUT2D eigenvalue weighted by Crippen LogP contribution is -2.63. The van der Waals surface area contributed by atoms with Gasteiger partial charge in [0.05, 0.1) is 22.7 Å². The zero-order chi connectivity index (χ0) is 44.1. The number of rotatable bonds is 29. The number of aryl methyl sites for hydroxylation is 1. The molecule has 0 bridgehead atoms. The molecular weight excluding hydrogens is 769 g/mol. The van der Waals surface area contributed by atoms with Gasteiger partial charge >= 0.3 is 0 Å². The molecule has 5 aromatic carbocycles. The SMILES string of the molecule is CCCCCCCCCCN1c2cccc3c(/N=N/c4ccc(/N=N/c5ccc(C)cc5)c5ccccc45)ccc(c23)N(CCCCCCCCCC)C1(CC)CCCCCCC. The summed E-state index contributed by atoms with van der Waals surface area (Å²) in [6.07, 6.45) is 30.2. The van der Waals surface area contributed by atoms with Gasteiger partial charge in [-0.2, -0.15) is 5.11 Å². The van der Waals surface area contributed by atoms with Crippen LogP contribution in [0.25, 0.3) is 21.5 Å². The van der Waals surface area contributed by atoms with Crippen LogP contribution < -0.4 is 9.80 Å². The molecule has 0 saturated heterocycles. The second-order valence-electron chi connectivity index (χ2n) is 18.4. The van der Waals surface area contributed by atoms with Crippen LogP contribution in [0.1, 0.15) is 181 Å². The predicted octanol–water partition coefficient (Wildman–Crippen LogP) is 19.5. The number of unbranched alkanes of at least 4 members (excludes halogenated alkanes) is 18. The molecule has 338 valence electrons. The fraction of sp³-hybridized carbons (Fsp3) is 0.544. The van der Waals surface area contributed by atoms with Crippen molar-refractivity contribution in [3.63, 3.8) is 0 Å². The van der Waals surface area contributed by atoms with Crippen LogP contribution in [0.5, 0.6) is 0 Å². The molecule has 6 heteroatoms. The molecule has 0 saturated carbocycles. The molecule has 0 amide bonds. The normalized spacial score (nSPS) is 15.3. The van der Waals surface area contributed by atoms with Crippen LogP contribution in [-0.4, -0.2) is 18.8 Å². The average Bonchev–Trinajstić information content (AvgIpc) is 3.31. The zero-order valence-electron chi connectivity index (χ0n) is 40.0. The Bertz CT molecular complexity index is 2140. The second kappa shape index (κ2) is 25.6. The van der Waals surface area contributed by atoms with Crippen molar-refractivity contribution in [3.05, 3.63) is 96.6 Å². The fourth-order valence-electron chi connectivity index (χ4n) is 10.1. The van der Waals surface area contributed by atoms with Crippen LogP contribution in [0.3, 0.4) is 0 Å². The van der Waals surface area contributed by atoms with E-state index in [2.05, 4.69) is 121 Å². The highest BCUT2D eigenvalue weighted by Gasteiger charge is 2.45. The van der Waals surface area contributed by atoms with Crippen molar-refractivity contribution >= 4 is 55.7 Å². The van der Waals surface area contributed by atoms with Gasteiger partial charge in [0.15, 0.2) is 0 Å². The molecule has 0 aliphatic carbocycles. The maximum absolute atomic E-state index is 5.08. The van der Waals surface area contributed by atoms with E-state index < -0.39 is 0 Å². The van der Waals surface area contributed by atoms with E-state index in [-0.39, 0.29) is 5.66 Å². The molecule has 63 heavy (non-hydrogen) atoms. The van der Waals surface area contributed by atoms with Crippen molar-refractivity contribution in [2.45, 2.75) is 188 Å². The van der Waals surface area contributed by atoms with Gasteiger partial charge in [-0.05, 0) is 81.5 Å². The number of azo groups is 2. The van der Waals surface area contributed by atoms with E-state index in [0.29, 0.717) is 0 Å². The molecule has 5 aromatic rings. The lowest BCUT2D eigenvalue weighted by atomic mass is 9.87. The van der Waals surface area contributed by atoms with Gasteiger partial charge in [0, 0.05) is 46.0 Å². The lowest BCUT2D eigenvalue weighted by Gasteiger charge is -2.57. The maximum Gasteiger partial charge on any atom is 0.112 e. The summed E-state index contributed by atoms with van der Waals surface area (Å²) in [6, 6.07) is 32.2. The highest BCUT2D eigenvalue weighted by atomic mass is 15.4. The van der Waals surface area contributed by atoms with Crippen LogP contribution in [-0.2, 0) is 0 Å². The first-order valence-electron chi connectivity index (χ1n) is 25.6. The van der Waals surface area contributed by atoms with Gasteiger partial charge in [-0.3, -0.25) is 0 Å². The van der Waals surface area contributed by atoms with Gasteiger partial charge in [0.25, 0.3) is 0 Å². The summed E-state index contributed by atoms with van der Waals surface area (Å²) in [7, 11) is 0. The van der Waals surface area contributed by atoms with E-state index in [0.717, 1.165) is 53.0 Å². The van der Waals surface area contributed by atoms with E-state index in [4.69, 9.17) is 10.2 Å². The number of benzene rings is 5. The highest BCUT2D eigenvalue weighted by molar-refractivity contribution is 6.10. The van der Waals surface area contributed by atoms with Crippen molar-refractivity contribution < 1.29 is 0 Å². The van der Waals surface area contributed by atoms with Crippen molar-refractivity contribution in [2.24, 2.45) is 20.5 Å². The van der Waals surface area contributed by atoms with Gasteiger partial charge in [0.2, 0.25) is 0 Å². The largest absolute Gasteiger partial charge is 0.348 e. The molecule has 6 rings (SSSR count). The summed E-state index contributed by atoms with van der Waals surface area (Å²) < 4.78 is 0. The predicted molar refractivity (Wildman–Crippen MR) is 274 cm³/mol. The molecule has 0 fully saturated rings. The summed E-state index contributed by atoms with van der Waals surface area (Å²) in [5.41, 5.74) is 7.36. The average molecular weight is 849 g/mol. The third-order valence-corrected chi connectivity index (χ3v) is 13.7. The van der Waals surface area contributed by atoms with Gasteiger partial charge in [-0.1, -0.05) is 197 Å². The van der Waals surface area contributed by atoms with E-state index in [1.54, 1.807) is 0 Å². The zero-order valence-corrected chi connectivity index (χ0v) is 40.0.